The summed E-state index contributed by atoms with van der Waals surface area (Å²) in [6, 6.07) is 0. The minimum Gasteiger partial charge on any atom is -0.453 e. The zero-order chi connectivity index (χ0) is 13.8. The van der Waals surface area contributed by atoms with E-state index in [-0.39, 0.29) is 11.8 Å². The summed E-state index contributed by atoms with van der Waals surface area (Å²) in [7, 11) is 0. The van der Waals surface area contributed by atoms with Gasteiger partial charge < -0.3 is 15.2 Å². The lowest BCUT2D eigenvalue weighted by atomic mass is 9.65. The summed E-state index contributed by atoms with van der Waals surface area (Å²) in [5.74, 6) is -1.29. The molecule has 5 nitrogen and oxygen atoms in total. The molecule has 104 valence electrons. The Labute approximate surface area is 112 Å². The monoisotopic (exact) mass is 265 g/mol. The number of allylic oxidation sites excluding steroid dienone is 1. The number of fused-ring (bicyclic) bond motifs is 1. The highest BCUT2D eigenvalue weighted by Crippen LogP contribution is 2.52. The van der Waals surface area contributed by atoms with E-state index in [1.807, 2.05) is 12.2 Å². The van der Waals surface area contributed by atoms with Crippen molar-refractivity contribution < 1.29 is 19.4 Å². The summed E-state index contributed by atoms with van der Waals surface area (Å²) >= 11 is 0. The van der Waals surface area contributed by atoms with Crippen LogP contribution in [-0.4, -0.2) is 34.2 Å². The maximum atomic E-state index is 12.0. The van der Waals surface area contributed by atoms with Crippen LogP contribution in [0.15, 0.2) is 12.2 Å². The van der Waals surface area contributed by atoms with Crippen LogP contribution in [-0.2, 0) is 14.3 Å². The summed E-state index contributed by atoms with van der Waals surface area (Å²) in [6.07, 6.45) is 5.86. The maximum Gasteiger partial charge on any atom is 0.339 e. The first-order chi connectivity index (χ1) is 8.93. The number of nitrogens with one attached hydrogen (secondary N) is 1. The van der Waals surface area contributed by atoms with Gasteiger partial charge in [0.25, 0.3) is 0 Å². The van der Waals surface area contributed by atoms with Crippen molar-refractivity contribution >= 4 is 11.9 Å². The van der Waals surface area contributed by atoms with E-state index in [1.54, 1.807) is 13.8 Å². The highest BCUT2D eigenvalue weighted by atomic mass is 16.6. The van der Waals surface area contributed by atoms with Gasteiger partial charge in [0.05, 0.1) is 12.0 Å². The van der Waals surface area contributed by atoms with Gasteiger partial charge in [-0.3, -0.25) is 4.79 Å². The number of aliphatic hydroxyl groups is 1. The van der Waals surface area contributed by atoms with Crippen molar-refractivity contribution in [3.63, 3.8) is 0 Å². The Bertz CT molecular complexity index is 474. The van der Waals surface area contributed by atoms with E-state index >= 15 is 0 Å². The molecule has 0 bridgehead atoms. The van der Waals surface area contributed by atoms with E-state index in [0.29, 0.717) is 0 Å². The van der Waals surface area contributed by atoms with Crippen molar-refractivity contribution in [3.05, 3.63) is 12.2 Å². The Morgan fingerprint density at radius 2 is 2.26 bits per heavy atom. The van der Waals surface area contributed by atoms with E-state index in [4.69, 9.17) is 4.74 Å². The third-order valence-corrected chi connectivity index (χ3v) is 5.09. The Balaban J connectivity index is 1.97. The van der Waals surface area contributed by atoms with E-state index < -0.39 is 29.1 Å². The quantitative estimate of drug-likeness (QED) is 0.564. The van der Waals surface area contributed by atoms with E-state index in [1.165, 1.54) is 0 Å². The second-order valence-electron chi connectivity index (χ2n) is 5.98. The van der Waals surface area contributed by atoms with Crippen LogP contribution in [0.1, 0.15) is 33.1 Å². The molecule has 0 unspecified atom stereocenters. The fraction of sp³-hybridized carbons (Fsp3) is 0.714. The zero-order valence-electron chi connectivity index (χ0n) is 11.2. The van der Waals surface area contributed by atoms with Gasteiger partial charge in [0.1, 0.15) is 0 Å². The standard InChI is InChI=1S/C14H19NO4/c1-8-11(17)15-14(12(18)19-13(8,14)2)10(16)9-6-4-3-5-7-9/h4,6,8-10,16H,3,5,7H2,1-2H3,(H,15,17)/t8-,9-,10+,13+,14+/m1/s1. The number of hydrogen-bond acceptors (Lipinski definition) is 4. The number of carbonyl (C=O) groups is 2. The Morgan fingerprint density at radius 1 is 1.53 bits per heavy atom. The number of hydrogen-bond donors (Lipinski definition) is 2. The molecule has 0 saturated carbocycles. The first-order valence-corrected chi connectivity index (χ1v) is 6.83. The molecule has 0 spiro atoms. The zero-order valence-corrected chi connectivity index (χ0v) is 11.2. The number of amides is 1. The summed E-state index contributed by atoms with van der Waals surface area (Å²) in [4.78, 5) is 23.9. The minimum absolute atomic E-state index is 0.105. The van der Waals surface area contributed by atoms with Gasteiger partial charge in [-0.05, 0) is 33.1 Å². The highest BCUT2D eigenvalue weighted by molar-refractivity contribution is 6.01. The largest absolute Gasteiger partial charge is 0.453 e. The molecule has 2 N–H and O–H groups in total. The molecule has 0 aromatic rings. The highest BCUT2D eigenvalue weighted by Gasteiger charge is 2.78. The molecular formula is C14H19NO4. The number of rotatable bonds is 2. The molecule has 3 rings (SSSR count). The molecule has 2 heterocycles. The van der Waals surface area contributed by atoms with Gasteiger partial charge in [-0.2, -0.15) is 0 Å². The van der Waals surface area contributed by atoms with Crippen molar-refractivity contribution in [1.29, 1.82) is 0 Å². The van der Waals surface area contributed by atoms with Gasteiger partial charge in [0.15, 0.2) is 5.60 Å². The Morgan fingerprint density at radius 3 is 2.79 bits per heavy atom. The second-order valence-corrected chi connectivity index (χ2v) is 5.98. The molecule has 19 heavy (non-hydrogen) atoms. The topological polar surface area (TPSA) is 75.6 Å². The predicted molar refractivity (Wildman–Crippen MR) is 67.0 cm³/mol. The first kappa shape index (κ1) is 12.7. The third-order valence-electron chi connectivity index (χ3n) is 5.09. The van der Waals surface area contributed by atoms with Crippen LogP contribution in [0.25, 0.3) is 0 Å². The number of ether oxygens (including phenoxy) is 1. The Kier molecular flexibility index (Phi) is 2.55. The van der Waals surface area contributed by atoms with Crippen molar-refractivity contribution in [2.24, 2.45) is 11.8 Å². The molecular weight excluding hydrogens is 246 g/mol. The van der Waals surface area contributed by atoms with E-state index in [2.05, 4.69) is 5.32 Å². The molecule has 0 radical (unpaired) electrons. The summed E-state index contributed by atoms with van der Waals surface area (Å²) in [5, 5.41) is 13.4. The lowest BCUT2D eigenvalue weighted by Crippen LogP contribution is -2.79. The van der Waals surface area contributed by atoms with E-state index in [9.17, 15) is 14.7 Å². The van der Waals surface area contributed by atoms with Gasteiger partial charge in [0.2, 0.25) is 11.4 Å². The van der Waals surface area contributed by atoms with Crippen LogP contribution in [0, 0.1) is 11.8 Å². The smallest absolute Gasteiger partial charge is 0.339 e. The van der Waals surface area contributed by atoms with Crippen LogP contribution >= 0.6 is 0 Å². The van der Waals surface area contributed by atoms with Crippen LogP contribution in [0.4, 0.5) is 0 Å². The summed E-state index contributed by atoms with van der Waals surface area (Å²) < 4.78 is 5.24. The number of aliphatic hydroxyl groups excluding tert-OH is 1. The lowest BCUT2D eigenvalue weighted by Gasteiger charge is -2.54. The van der Waals surface area contributed by atoms with Crippen LogP contribution < -0.4 is 5.32 Å². The van der Waals surface area contributed by atoms with Crippen LogP contribution in [0.2, 0.25) is 0 Å². The van der Waals surface area contributed by atoms with Gasteiger partial charge in [0, 0.05) is 5.92 Å². The van der Waals surface area contributed by atoms with Crippen molar-refractivity contribution in [3.8, 4) is 0 Å². The fourth-order valence-electron chi connectivity index (χ4n) is 3.58. The molecule has 2 fully saturated rings. The van der Waals surface area contributed by atoms with Crippen molar-refractivity contribution in [2.75, 3.05) is 0 Å². The van der Waals surface area contributed by atoms with Gasteiger partial charge in [-0.1, -0.05) is 12.2 Å². The van der Waals surface area contributed by atoms with Crippen LogP contribution in [0.3, 0.4) is 0 Å². The minimum atomic E-state index is -1.27. The normalized spacial score (nSPS) is 46.1. The molecule has 2 saturated heterocycles. The van der Waals surface area contributed by atoms with Gasteiger partial charge >= 0.3 is 5.97 Å². The fourth-order valence-corrected chi connectivity index (χ4v) is 3.58. The molecule has 0 aromatic heterocycles. The molecule has 2 aliphatic heterocycles. The van der Waals surface area contributed by atoms with Crippen LogP contribution in [0.5, 0.6) is 0 Å². The maximum absolute atomic E-state index is 12.0. The first-order valence-electron chi connectivity index (χ1n) is 6.83. The Hall–Kier alpha value is -1.36. The third kappa shape index (κ3) is 1.34. The number of esters is 1. The molecule has 3 aliphatic rings. The summed E-state index contributed by atoms with van der Waals surface area (Å²) in [5.41, 5.74) is -2.21. The van der Waals surface area contributed by atoms with E-state index in [0.717, 1.165) is 19.3 Å². The van der Waals surface area contributed by atoms with Crippen molar-refractivity contribution in [1.82, 2.24) is 5.32 Å². The number of carbonyl (C=O) groups excluding carboxylic acids is 2. The predicted octanol–water partition coefficient (Wildman–Crippen LogP) is 0.524. The molecule has 1 aliphatic carbocycles. The molecule has 0 aromatic carbocycles. The second kappa shape index (κ2) is 3.82. The SMILES string of the molecule is C[C@@H]1C(=O)N[C@@]2([C@@H](O)[C@@H]3C=CCCC3)C(=O)O[C@@]12C. The molecule has 5 heteroatoms. The average Bonchev–Trinajstić information content (AvgIpc) is 2.57. The molecule has 5 atom stereocenters. The molecule has 1 amide bonds. The van der Waals surface area contributed by atoms with Gasteiger partial charge in [-0.25, -0.2) is 4.79 Å². The lowest BCUT2D eigenvalue weighted by molar-refractivity contribution is -0.237. The summed E-state index contributed by atoms with van der Waals surface area (Å²) in [6.45, 7) is 3.46. The van der Waals surface area contributed by atoms with Gasteiger partial charge in [-0.15, -0.1) is 0 Å². The average molecular weight is 265 g/mol. The van der Waals surface area contributed by atoms with Crippen molar-refractivity contribution in [2.45, 2.75) is 50.4 Å².